The van der Waals surface area contributed by atoms with E-state index in [1.165, 1.54) is 29.2 Å². The van der Waals surface area contributed by atoms with Crippen LogP contribution in [-0.2, 0) is 0 Å². The maximum Gasteiger partial charge on any atom is 0.338 e. The molecule has 1 heterocycles. The molecule has 0 aliphatic carbocycles. The van der Waals surface area contributed by atoms with E-state index in [0.717, 1.165) is 0 Å². The minimum atomic E-state index is -1.20. The molecular weight excluding hydrogens is 299 g/mol. The molecule has 0 amide bonds. The summed E-state index contributed by atoms with van der Waals surface area (Å²) in [7, 11) is 1.57. The van der Waals surface area contributed by atoms with Crippen LogP contribution >= 0.6 is 0 Å². The first-order valence-corrected chi connectivity index (χ1v) is 6.86. The van der Waals surface area contributed by atoms with Gasteiger partial charge in [-0.1, -0.05) is 18.2 Å². The van der Waals surface area contributed by atoms with E-state index in [1.807, 2.05) is 0 Å². The Morgan fingerprint density at radius 3 is 2.43 bits per heavy atom. The molecule has 5 nitrogen and oxygen atoms in total. The molecule has 0 aliphatic rings. The standard InChI is InChI=1S/C17H13FN2O3/c1-20(11-8-6-10(18)7-9-11)15-14(17(22)23)12-4-2-3-5-13(12)19-16(15)21/h2-9H,1H3,(H,19,21)(H,22,23). The number of carboxylic acids is 1. The van der Waals surface area contributed by atoms with Gasteiger partial charge in [-0.15, -0.1) is 0 Å². The number of fused-ring (bicyclic) bond motifs is 1. The lowest BCUT2D eigenvalue weighted by Gasteiger charge is -2.21. The molecule has 0 saturated carbocycles. The van der Waals surface area contributed by atoms with Gasteiger partial charge in [0.15, 0.2) is 0 Å². The third-order valence-electron chi connectivity index (χ3n) is 3.66. The Labute approximate surface area is 130 Å². The number of halogens is 1. The summed E-state index contributed by atoms with van der Waals surface area (Å²) in [6.45, 7) is 0. The van der Waals surface area contributed by atoms with E-state index in [9.17, 15) is 19.1 Å². The van der Waals surface area contributed by atoms with Gasteiger partial charge in [-0.25, -0.2) is 9.18 Å². The summed E-state index contributed by atoms with van der Waals surface area (Å²) in [4.78, 5) is 28.3. The maximum atomic E-state index is 13.1. The number of nitrogens with one attached hydrogen (secondary N) is 1. The van der Waals surface area contributed by atoms with Crippen LogP contribution in [0.5, 0.6) is 0 Å². The number of anilines is 2. The molecule has 1 aromatic heterocycles. The molecule has 0 fully saturated rings. The van der Waals surface area contributed by atoms with E-state index in [0.29, 0.717) is 16.6 Å². The van der Waals surface area contributed by atoms with Crippen molar-refractivity contribution >= 4 is 28.2 Å². The Morgan fingerprint density at radius 2 is 1.78 bits per heavy atom. The van der Waals surface area contributed by atoms with Gasteiger partial charge in [0.05, 0.1) is 5.56 Å². The van der Waals surface area contributed by atoms with Crippen molar-refractivity contribution in [1.29, 1.82) is 0 Å². The zero-order chi connectivity index (χ0) is 16.6. The van der Waals surface area contributed by atoms with Crippen LogP contribution in [0.15, 0.2) is 53.3 Å². The van der Waals surface area contributed by atoms with Crippen LogP contribution in [0.2, 0.25) is 0 Å². The molecule has 0 saturated heterocycles. The van der Waals surface area contributed by atoms with E-state index in [1.54, 1.807) is 31.3 Å². The fourth-order valence-corrected chi connectivity index (χ4v) is 2.56. The second kappa shape index (κ2) is 5.57. The topological polar surface area (TPSA) is 73.4 Å². The SMILES string of the molecule is CN(c1ccc(F)cc1)c1c(C(=O)O)c2ccccc2[nH]c1=O. The molecular formula is C17H13FN2O3. The van der Waals surface area contributed by atoms with E-state index in [-0.39, 0.29) is 11.3 Å². The number of hydrogen-bond acceptors (Lipinski definition) is 3. The molecule has 0 spiro atoms. The van der Waals surface area contributed by atoms with Gasteiger partial charge >= 0.3 is 5.97 Å². The van der Waals surface area contributed by atoms with Gasteiger partial charge < -0.3 is 15.0 Å². The molecule has 6 heteroatoms. The lowest BCUT2D eigenvalue weighted by molar-refractivity contribution is 0.0699. The second-order valence-electron chi connectivity index (χ2n) is 5.06. The van der Waals surface area contributed by atoms with Crippen molar-refractivity contribution in [3.05, 3.63) is 70.3 Å². The van der Waals surface area contributed by atoms with Crippen LogP contribution in [0.1, 0.15) is 10.4 Å². The summed E-state index contributed by atoms with van der Waals surface area (Å²) in [5, 5.41) is 10.0. The molecule has 3 rings (SSSR count). The number of pyridine rings is 1. The minimum absolute atomic E-state index is 0.00260. The molecule has 0 unspecified atom stereocenters. The van der Waals surface area contributed by atoms with Gasteiger partial charge in [-0.2, -0.15) is 0 Å². The average molecular weight is 312 g/mol. The van der Waals surface area contributed by atoms with Crippen LogP contribution in [0.3, 0.4) is 0 Å². The predicted octanol–water partition coefficient (Wildman–Crippen LogP) is 3.13. The van der Waals surface area contributed by atoms with Crippen LogP contribution in [0, 0.1) is 5.82 Å². The fourth-order valence-electron chi connectivity index (χ4n) is 2.56. The summed E-state index contributed by atoms with van der Waals surface area (Å²) < 4.78 is 13.1. The van der Waals surface area contributed by atoms with Crippen LogP contribution in [0.4, 0.5) is 15.8 Å². The number of aromatic carboxylic acids is 1. The molecule has 23 heavy (non-hydrogen) atoms. The number of nitrogens with zero attached hydrogens (tertiary/aromatic N) is 1. The highest BCUT2D eigenvalue weighted by atomic mass is 19.1. The van der Waals surface area contributed by atoms with Crippen molar-refractivity contribution in [3.63, 3.8) is 0 Å². The molecule has 0 atom stereocenters. The highest BCUT2D eigenvalue weighted by Crippen LogP contribution is 2.28. The van der Waals surface area contributed by atoms with Crippen molar-refractivity contribution in [2.24, 2.45) is 0 Å². The number of carbonyl (C=O) groups is 1. The first-order valence-electron chi connectivity index (χ1n) is 6.86. The molecule has 0 radical (unpaired) electrons. The van der Waals surface area contributed by atoms with Crippen molar-refractivity contribution in [2.45, 2.75) is 0 Å². The maximum absolute atomic E-state index is 13.1. The van der Waals surface area contributed by atoms with Crippen LogP contribution < -0.4 is 10.5 Å². The van der Waals surface area contributed by atoms with E-state index >= 15 is 0 Å². The Morgan fingerprint density at radius 1 is 1.13 bits per heavy atom. The number of benzene rings is 2. The normalized spacial score (nSPS) is 10.7. The number of carboxylic acid groups (broad SMARTS) is 1. The Kier molecular flexibility index (Phi) is 3.57. The van der Waals surface area contributed by atoms with Crippen LogP contribution in [0.25, 0.3) is 10.9 Å². The second-order valence-corrected chi connectivity index (χ2v) is 5.06. The van der Waals surface area contributed by atoms with E-state index < -0.39 is 17.3 Å². The molecule has 0 bridgehead atoms. The largest absolute Gasteiger partial charge is 0.478 e. The molecule has 0 aliphatic heterocycles. The summed E-state index contributed by atoms with van der Waals surface area (Å²) in [6.07, 6.45) is 0. The van der Waals surface area contributed by atoms with Gasteiger partial charge in [0, 0.05) is 23.6 Å². The molecule has 2 aromatic carbocycles. The first kappa shape index (κ1) is 14.8. The van der Waals surface area contributed by atoms with Crippen molar-refractivity contribution in [3.8, 4) is 0 Å². The number of hydrogen-bond donors (Lipinski definition) is 2. The number of para-hydroxylation sites is 1. The van der Waals surface area contributed by atoms with Gasteiger partial charge in [-0.05, 0) is 30.3 Å². The number of rotatable bonds is 3. The summed E-state index contributed by atoms with van der Waals surface area (Å²) >= 11 is 0. The third kappa shape index (κ3) is 2.55. The van der Waals surface area contributed by atoms with Gasteiger partial charge in [-0.3, -0.25) is 4.79 Å². The zero-order valence-electron chi connectivity index (χ0n) is 12.2. The van der Waals surface area contributed by atoms with Gasteiger partial charge in [0.1, 0.15) is 11.5 Å². The van der Waals surface area contributed by atoms with Gasteiger partial charge in [0.25, 0.3) is 5.56 Å². The summed E-state index contributed by atoms with van der Waals surface area (Å²) in [6, 6.07) is 12.2. The Bertz CT molecular complexity index is 948. The summed E-state index contributed by atoms with van der Waals surface area (Å²) in [5.41, 5.74) is 0.354. The third-order valence-corrected chi connectivity index (χ3v) is 3.66. The number of H-pyrrole nitrogens is 1. The van der Waals surface area contributed by atoms with E-state index in [4.69, 9.17) is 0 Å². The lowest BCUT2D eigenvalue weighted by atomic mass is 10.1. The quantitative estimate of drug-likeness (QED) is 0.779. The smallest absolute Gasteiger partial charge is 0.338 e. The zero-order valence-corrected chi connectivity index (χ0v) is 12.2. The predicted molar refractivity (Wildman–Crippen MR) is 86.0 cm³/mol. The average Bonchev–Trinajstić information content (AvgIpc) is 2.53. The monoisotopic (exact) mass is 312 g/mol. The van der Waals surface area contributed by atoms with Gasteiger partial charge in [0.2, 0.25) is 0 Å². The Hall–Kier alpha value is -3.15. The van der Waals surface area contributed by atoms with Crippen molar-refractivity contribution in [2.75, 3.05) is 11.9 Å². The minimum Gasteiger partial charge on any atom is -0.478 e. The fraction of sp³-hybridized carbons (Fsp3) is 0.0588. The van der Waals surface area contributed by atoms with Crippen molar-refractivity contribution in [1.82, 2.24) is 4.98 Å². The van der Waals surface area contributed by atoms with Crippen molar-refractivity contribution < 1.29 is 14.3 Å². The summed E-state index contributed by atoms with van der Waals surface area (Å²) in [5.74, 6) is -1.61. The van der Waals surface area contributed by atoms with Crippen LogP contribution in [-0.4, -0.2) is 23.1 Å². The number of aromatic nitrogens is 1. The molecule has 2 N–H and O–H groups in total. The first-order chi connectivity index (χ1) is 11.0. The lowest BCUT2D eigenvalue weighted by Crippen LogP contribution is -2.24. The highest BCUT2D eigenvalue weighted by molar-refractivity contribution is 6.08. The Balaban J connectivity index is 2.29. The molecule has 3 aromatic rings. The molecule has 116 valence electrons. The highest BCUT2D eigenvalue weighted by Gasteiger charge is 2.22. The number of aromatic amines is 1. The van der Waals surface area contributed by atoms with E-state index in [2.05, 4.69) is 4.98 Å².